The fraction of sp³-hybridized carbons (Fsp3) is 0.750. The summed E-state index contributed by atoms with van der Waals surface area (Å²) in [6.45, 7) is 0.731. The van der Waals surface area contributed by atoms with E-state index in [2.05, 4.69) is 0 Å². The molecule has 0 aromatic carbocycles. The zero-order chi connectivity index (χ0) is 9.84. The van der Waals surface area contributed by atoms with Crippen LogP contribution in [-0.2, 0) is 14.3 Å². The van der Waals surface area contributed by atoms with Crippen LogP contribution >= 0.6 is 0 Å². The van der Waals surface area contributed by atoms with Gasteiger partial charge in [-0.1, -0.05) is 0 Å². The van der Waals surface area contributed by atoms with Crippen LogP contribution in [-0.4, -0.2) is 31.2 Å². The van der Waals surface area contributed by atoms with Crippen molar-refractivity contribution in [3.63, 3.8) is 0 Å². The smallest absolute Gasteiger partial charge is 0.296 e. The van der Waals surface area contributed by atoms with Crippen molar-refractivity contribution in [2.75, 3.05) is 13.2 Å². The van der Waals surface area contributed by atoms with E-state index in [1.54, 1.807) is 0 Å². The van der Waals surface area contributed by atoms with Crippen molar-refractivity contribution >= 4 is 11.6 Å². The normalized spacial score (nSPS) is 22.2. The lowest BCUT2D eigenvalue weighted by Crippen LogP contribution is -2.21. The molecule has 1 atom stereocenters. The molecular formula is C8H10F2O3. The summed E-state index contributed by atoms with van der Waals surface area (Å²) in [5.74, 6) is -2.08. The van der Waals surface area contributed by atoms with Crippen molar-refractivity contribution < 1.29 is 23.1 Å². The molecule has 0 aromatic heterocycles. The van der Waals surface area contributed by atoms with Gasteiger partial charge in [-0.15, -0.1) is 0 Å². The van der Waals surface area contributed by atoms with Crippen LogP contribution in [0, 0.1) is 5.92 Å². The molecule has 1 saturated heterocycles. The number of rotatable bonds is 4. The third-order valence-corrected chi connectivity index (χ3v) is 1.98. The molecule has 1 rings (SSSR count). The summed E-state index contributed by atoms with van der Waals surface area (Å²) in [5, 5.41) is 0. The van der Waals surface area contributed by atoms with E-state index in [0.29, 0.717) is 13.0 Å². The Morgan fingerprint density at radius 3 is 2.62 bits per heavy atom. The van der Waals surface area contributed by atoms with Crippen molar-refractivity contribution in [1.82, 2.24) is 0 Å². The van der Waals surface area contributed by atoms with Gasteiger partial charge in [-0.25, -0.2) is 8.78 Å². The Morgan fingerprint density at radius 2 is 2.15 bits per heavy atom. The lowest BCUT2D eigenvalue weighted by Gasteiger charge is -2.04. The summed E-state index contributed by atoms with van der Waals surface area (Å²) in [6.07, 6.45) is -3.16. The van der Waals surface area contributed by atoms with Gasteiger partial charge in [0.25, 0.3) is 6.43 Å². The Hall–Kier alpha value is -0.840. The fourth-order valence-corrected chi connectivity index (χ4v) is 1.18. The lowest BCUT2D eigenvalue weighted by atomic mass is 9.99. The molecule has 1 fully saturated rings. The Labute approximate surface area is 74.1 Å². The number of carbonyl (C=O) groups is 2. The third kappa shape index (κ3) is 2.84. The van der Waals surface area contributed by atoms with Gasteiger partial charge in [0.15, 0.2) is 0 Å². The fourth-order valence-electron chi connectivity index (χ4n) is 1.18. The Morgan fingerprint density at radius 1 is 1.46 bits per heavy atom. The van der Waals surface area contributed by atoms with Gasteiger partial charge in [0, 0.05) is 12.5 Å². The summed E-state index contributed by atoms with van der Waals surface area (Å²) < 4.78 is 28.4. The molecule has 0 saturated carbocycles. The number of hydrogen-bond acceptors (Lipinski definition) is 3. The quantitative estimate of drug-likeness (QED) is 0.619. The largest absolute Gasteiger partial charge is 0.381 e. The molecule has 5 heteroatoms. The summed E-state index contributed by atoms with van der Waals surface area (Å²) in [6, 6.07) is 0. The van der Waals surface area contributed by atoms with Gasteiger partial charge < -0.3 is 4.74 Å². The summed E-state index contributed by atoms with van der Waals surface area (Å²) in [7, 11) is 0. The topological polar surface area (TPSA) is 43.4 Å². The van der Waals surface area contributed by atoms with Crippen LogP contribution in [0.3, 0.4) is 0 Å². The minimum absolute atomic E-state index is 0.259. The molecule has 0 aromatic rings. The number of ether oxygens (including phenoxy) is 1. The Kier molecular flexibility index (Phi) is 3.48. The molecule has 1 heterocycles. The Balaban J connectivity index is 2.36. The van der Waals surface area contributed by atoms with Gasteiger partial charge in [-0.2, -0.15) is 0 Å². The van der Waals surface area contributed by atoms with Crippen LogP contribution in [0.25, 0.3) is 0 Å². The highest BCUT2D eigenvalue weighted by Gasteiger charge is 2.27. The van der Waals surface area contributed by atoms with Crippen molar-refractivity contribution in [1.29, 1.82) is 0 Å². The number of carbonyl (C=O) groups excluding carboxylic acids is 2. The SMILES string of the molecule is O=C(CC(=O)C1CCOC1)C(F)F. The number of hydrogen-bond donors (Lipinski definition) is 0. The standard InChI is InChI=1S/C8H10F2O3/c9-8(10)7(12)3-6(11)5-1-2-13-4-5/h5,8H,1-4H2. The first-order valence-corrected chi connectivity index (χ1v) is 4.02. The first kappa shape index (κ1) is 10.2. The van der Waals surface area contributed by atoms with E-state index in [9.17, 15) is 18.4 Å². The van der Waals surface area contributed by atoms with Gasteiger partial charge in [0.2, 0.25) is 5.78 Å². The zero-order valence-corrected chi connectivity index (χ0v) is 6.96. The molecular weight excluding hydrogens is 182 g/mol. The number of Topliss-reactive ketones (excluding diaryl/α,β-unsaturated/α-hetero) is 2. The minimum atomic E-state index is -3.04. The van der Waals surface area contributed by atoms with Crippen LogP contribution in [0.2, 0.25) is 0 Å². The molecule has 0 spiro atoms. The Bertz CT molecular complexity index is 209. The van der Waals surface area contributed by atoms with E-state index < -0.39 is 24.4 Å². The molecule has 0 amide bonds. The van der Waals surface area contributed by atoms with Gasteiger partial charge in [-0.05, 0) is 6.42 Å². The third-order valence-electron chi connectivity index (χ3n) is 1.98. The lowest BCUT2D eigenvalue weighted by molar-refractivity contribution is -0.135. The summed E-state index contributed by atoms with van der Waals surface area (Å²) in [5.41, 5.74) is 0. The molecule has 0 radical (unpaired) electrons. The molecule has 1 aliphatic heterocycles. The van der Waals surface area contributed by atoms with E-state index >= 15 is 0 Å². The molecule has 1 aliphatic rings. The maximum absolute atomic E-state index is 11.7. The van der Waals surface area contributed by atoms with Gasteiger partial charge in [0.1, 0.15) is 5.78 Å². The van der Waals surface area contributed by atoms with Crippen LogP contribution in [0.15, 0.2) is 0 Å². The van der Waals surface area contributed by atoms with Crippen LogP contribution in [0.1, 0.15) is 12.8 Å². The first-order valence-electron chi connectivity index (χ1n) is 4.02. The highest BCUT2D eigenvalue weighted by molar-refractivity contribution is 6.01. The van der Waals surface area contributed by atoms with Crippen LogP contribution < -0.4 is 0 Å². The zero-order valence-electron chi connectivity index (χ0n) is 6.96. The van der Waals surface area contributed by atoms with Crippen molar-refractivity contribution in [2.24, 2.45) is 5.92 Å². The van der Waals surface area contributed by atoms with E-state index in [0.717, 1.165) is 0 Å². The second-order valence-electron chi connectivity index (χ2n) is 2.97. The van der Waals surface area contributed by atoms with E-state index in [4.69, 9.17) is 4.74 Å². The van der Waals surface area contributed by atoms with E-state index in [1.807, 2.05) is 0 Å². The first-order chi connectivity index (χ1) is 6.11. The second-order valence-corrected chi connectivity index (χ2v) is 2.97. The minimum Gasteiger partial charge on any atom is -0.381 e. The maximum atomic E-state index is 11.7. The van der Waals surface area contributed by atoms with Crippen molar-refractivity contribution in [2.45, 2.75) is 19.3 Å². The summed E-state index contributed by atoms with van der Waals surface area (Å²) >= 11 is 0. The number of halogens is 2. The average molecular weight is 192 g/mol. The maximum Gasteiger partial charge on any atom is 0.296 e. The van der Waals surface area contributed by atoms with E-state index in [-0.39, 0.29) is 12.5 Å². The molecule has 1 unspecified atom stereocenters. The predicted molar refractivity (Wildman–Crippen MR) is 39.6 cm³/mol. The van der Waals surface area contributed by atoms with Crippen molar-refractivity contribution in [3.05, 3.63) is 0 Å². The molecule has 74 valence electrons. The van der Waals surface area contributed by atoms with Gasteiger partial charge in [-0.3, -0.25) is 9.59 Å². The van der Waals surface area contributed by atoms with Gasteiger partial charge in [0.05, 0.1) is 13.0 Å². The summed E-state index contributed by atoms with van der Waals surface area (Å²) in [4.78, 5) is 21.6. The predicted octanol–water partition coefficient (Wildman–Crippen LogP) is 0.816. The molecule has 13 heavy (non-hydrogen) atoms. The molecule has 0 bridgehead atoms. The van der Waals surface area contributed by atoms with Crippen LogP contribution in [0.4, 0.5) is 8.78 Å². The van der Waals surface area contributed by atoms with Gasteiger partial charge >= 0.3 is 0 Å². The molecule has 3 nitrogen and oxygen atoms in total. The number of ketones is 2. The van der Waals surface area contributed by atoms with Crippen LogP contribution in [0.5, 0.6) is 0 Å². The second kappa shape index (κ2) is 4.41. The highest BCUT2D eigenvalue weighted by atomic mass is 19.3. The molecule has 0 aliphatic carbocycles. The number of alkyl halides is 2. The highest BCUT2D eigenvalue weighted by Crippen LogP contribution is 2.15. The monoisotopic (exact) mass is 192 g/mol. The van der Waals surface area contributed by atoms with E-state index in [1.165, 1.54) is 0 Å². The molecule has 0 N–H and O–H groups in total. The van der Waals surface area contributed by atoms with Crippen molar-refractivity contribution in [3.8, 4) is 0 Å². The average Bonchev–Trinajstić information content (AvgIpc) is 2.55.